The highest BCUT2D eigenvalue weighted by Crippen LogP contribution is 2.21. The van der Waals surface area contributed by atoms with Crippen molar-refractivity contribution >= 4 is 17.7 Å². The first-order chi connectivity index (χ1) is 12.2. The van der Waals surface area contributed by atoms with Crippen LogP contribution in [0.1, 0.15) is 38.1 Å². The molecule has 0 aliphatic carbocycles. The van der Waals surface area contributed by atoms with Crippen LogP contribution < -0.4 is 0 Å². The zero-order valence-corrected chi connectivity index (χ0v) is 15.8. The molecule has 134 valence electrons. The number of piperidine rings is 1. The van der Waals surface area contributed by atoms with E-state index in [0.717, 1.165) is 43.5 Å². The molecule has 1 aliphatic heterocycles. The van der Waals surface area contributed by atoms with Gasteiger partial charge in [0.25, 0.3) is 0 Å². The summed E-state index contributed by atoms with van der Waals surface area (Å²) in [4.78, 5) is 14.5. The number of carbonyl (C=O) groups excluding carboxylic acids is 1. The van der Waals surface area contributed by atoms with Gasteiger partial charge < -0.3 is 9.47 Å². The van der Waals surface area contributed by atoms with Crippen LogP contribution in [0.15, 0.2) is 35.5 Å². The quantitative estimate of drug-likeness (QED) is 0.744. The largest absolute Gasteiger partial charge is 0.342 e. The van der Waals surface area contributed by atoms with E-state index in [0.29, 0.717) is 11.7 Å². The van der Waals surface area contributed by atoms with E-state index < -0.39 is 0 Å². The SMILES string of the molecule is CCn1c(Cc2ccccc2)nnc1SCC(=O)N1CCC[C@@H](C)C1. The molecule has 1 aromatic heterocycles. The molecule has 1 fully saturated rings. The van der Waals surface area contributed by atoms with Crippen LogP contribution in [-0.2, 0) is 17.8 Å². The minimum absolute atomic E-state index is 0.215. The van der Waals surface area contributed by atoms with Crippen molar-refractivity contribution in [2.75, 3.05) is 18.8 Å². The van der Waals surface area contributed by atoms with Gasteiger partial charge in [0, 0.05) is 26.1 Å². The van der Waals surface area contributed by atoms with Gasteiger partial charge in [-0.2, -0.15) is 0 Å². The zero-order valence-electron chi connectivity index (χ0n) is 15.0. The first kappa shape index (κ1) is 18.0. The molecule has 2 heterocycles. The Kier molecular flexibility index (Phi) is 6.13. The van der Waals surface area contributed by atoms with Crippen molar-refractivity contribution in [3.8, 4) is 0 Å². The molecule has 2 aromatic rings. The highest BCUT2D eigenvalue weighted by atomic mass is 32.2. The van der Waals surface area contributed by atoms with Gasteiger partial charge >= 0.3 is 0 Å². The molecule has 5 nitrogen and oxygen atoms in total. The molecule has 0 N–H and O–H groups in total. The molecule has 0 radical (unpaired) electrons. The van der Waals surface area contributed by atoms with Crippen LogP contribution in [0.3, 0.4) is 0 Å². The summed E-state index contributed by atoms with van der Waals surface area (Å²) in [6.45, 7) is 6.90. The van der Waals surface area contributed by atoms with Crippen LogP contribution in [0.4, 0.5) is 0 Å². The van der Waals surface area contributed by atoms with Crippen LogP contribution in [0.5, 0.6) is 0 Å². The number of likely N-dealkylation sites (tertiary alicyclic amines) is 1. The first-order valence-electron chi connectivity index (χ1n) is 9.04. The molecule has 1 aromatic carbocycles. The highest BCUT2D eigenvalue weighted by molar-refractivity contribution is 7.99. The number of aromatic nitrogens is 3. The standard InChI is InChI=1S/C19H26N4OS/c1-3-23-17(12-16-9-5-4-6-10-16)20-21-19(23)25-14-18(24)22-11-7-8-15(2)13-22/h4-6,9-10,15H,3,7-8,11-14H2,1-2H3/t15-/m1/s1. The van der Waals surface area contributed by atoms with Gasteiger partial charge in [-0.15, -0.1) is 10.2 Å². The Morgan fingerprint density at radius 3 is 2.80 bits per heavy atom. The Morgan fingerprint density at radius 1 is 1.28 bits per heavy atom. The van der Waals surface area contributed by atoms with Crippen LogP contribution in [0.25, 0.3) is 0 Å². The Bertz CT molecular complexity index is 701. The number of thioether (sulfide) groups is 1. The van der Waals surface area contributed by atoms with Crippen molar-refractivity contribution < 1.29 is 4.79 Å². The molecule has 0 bridgehead atoms. The van der Waals surface area contributed by atoms with Crippen LogP contribution >= 0.6 is 11.8 Å². The van der Waals surface area contributed by atoms with Gasteiger partial charge in [-0.3, -0.25) is 4.79 Å². The van der Waals surface area contributed by atoms with Crippen molar-refractivity contribution in [1.29, 1.82) is 0 Å². The van der Waals surface area contributed by atoms with Crippen LogP contribution in [0.2, 0.25) is 0 Å². The smallest absolute Gasteiger partial charge is 0.233 e. The lowest BCUT2D eigenvalue weighted by atomic mass is 10.0. The molecule has 1 atom stereocenters. The second-order valence-corrected chi connectivity index (χ2v) is 7.62. The summed E-state index contributed by atoms with van der Waals surface area (Å²) in [5.41, 5.74) is 1.22. The summed E-state index contributed by atoms with van der Waals surface area (Å²) < 4.78 is 2.11. The lowest BCUT2D eigenvalue weighted by Gasteiger charge is -2.30. The van der Waals surface area contributed by atoms with Crippen molar-refractivity contribution in [3.05, 3.63) is 41.7 Å². The van der Waals surface area contributed by atoms with Gasteiger partial charge in [-0.1, -0.05) is 49.0 Å². The lowest BCUT2D eigenvalue weighted by Crippen LogP contribution is -2.40. The minimum Gasteiger partial charge on any atom is -0.342 e. The van der Waals surface area contributed by atoms with E-state index >= 15 is 0 Å². The number of hydrogen-bond acceptors (Lipinski definition) is 4. The normalized spacial score (nSPS) is 17.7. The Morgan fingerprint density at radius 2 is 2.08 bits per heavy atom. The molecule has 6 heteroatoms. The molecule has 3 rings (SSSR count). The Hall–Kier alpha value is -1.82. The van der Waals surface area contributed by atoms with E-state index in [9.17, 15) is 4.79 Å². The first-order valence-corrected chi connectivity index (χ1v) is 10.0. The van der Waals surface area contributed by atoms with Gasteiger partial charge in [0.15, 0.2) is 5.16 Å². The predicted octanol–water partition coefficient (Wildman–Crippen LogP) is 3.24. The fourth-order valence-corrected chi connectivity index (χ4v) is 4.21. The van der Waals surface area contributed by atoms with E-state index in [2.05, 4.69) is 40.7 Å². The third-order valence-electron chi connectivity index (χ3n) is 4.65. The second-order valence-electron chi connectivity index (χ2n) is 6.68. The average Bonchev–Trinajstić information content (AvgIpc) is 3.02. The molecule has 0 unspecified atom stereocenters. The van der Waals surface area contributed by atoms with Crippen molar-refractivity contribution in [2.45, 2.75) is 44.8 Å². The summed E-state index contributed by atoms with van der Waals surface area (Å²) in [6, 6.07) is 10.3. The van der Waals surface area contributed by atoms with Crippen molar-refractivity contribution in [1.82, 2.24) is 19.7 Å². The van der Waals surface area contributed by atoms with Gasteiger partial charge in [0.05, 0.1) is 5.75 Å². The topological polar surface area (TPSA) is 51.0 Å². The maximum absolute atomic E-state index is 12.5. The van der Waals surface area contributed by atoms with E-state index in [1.54, 1.807) is 0 Å². The summed E-state index contributed by atoms with van der Waals surface area (Å²) in [5.74, 6) is 2.22. The second kappa shape index (κ2) is 8.52. The van der Waals surface area contributed by atoms with Crippen molar-refractivity contribution in [2.24, 2.45) is 5.92 Å². The maximum Gasteiger partial charge on any atom is 0.233 e. The van der Waals surface area contributed by atoms with E-state index in [1.807, 2.05) is 23.1 Å². The van der Waals surface area contributed by atoms with Crippen LogP contribution in [0, 0.1) is 5.92 Å². The number of nitrogens with zero attached hydrogens (tertiary/aromatic N) is 4. The van der Waals surface area contributed by atoms with Gasteiger partial charge in [-0.05, 0) is 31.2 Å². The van der Waals surface area contributed by atoms with Crippen molar-refractivity contribution in [3.63, 3.8) is 0 Å². The van der Waals surface area contributed by atoms with E-state index in [1.165, 1.54) is 23.7 Å². The lowest BCUT2D eigenvalue weighted by molar-refractivity contribution is -0.130. The maximum atomic E-state index is 12.5. The summed E-state index contributed by atoms with van der Waals surface area (Å²) >= 11 is 1.50. The number of carbonyl (C=O) groups is 1. The number of amides is 1. The Labute approximate surface area is 153 Å². The average molecular weight is 359 g/mol. The summed E-state index contributed by atoms with van der Waals surface area (Å²) in [7, 11) is 0. The Balaban J connectivity index is 1.62. The van der Waals surface area contributed by atoms with Gasteiger partial charge in [0.2, 0.25) is 5.91 Å². The highest BCUT2D eigenvalue weighted by Gasteiger charge is 2.22. The van der Waals surface area contributed by atoms with Gasteiger partial charge in [0.1, 0.15) is 5.82 Å². The van der Waals surface area contributed by atoms with Crippen LogP contribution in [-0.4, -0.2) is 44.4 Å². The third-order valence-corrected chi connectivity index (χ3v) is 5.60. The molecule has 0 spiro atoms. The molecular formula is C19H26N4OS. The molecule has 1 amide bonds. The molecule has 1 saturated heterocycles. The number of benzene rings is 1. The monoisotopic (exact) mass is 358 g/mol. The van der Waals surface area contributed by atoms with E-state index in [4.69, 9.17) is 0 Å². The summed E-state index contributed by atoms with van der Waals surface area (Å²) in [5, 5.41) is 9.51. The van der Waals surface area contributed by atoms with E-state index in [-0.39, 0.29) is 5.91 Å². The zero-order chi connectivity index (χ0) is 17.6. The van der Waals surface area contributed by atoms with Gasteiger partial charge in [-0.25, -0.2) is 0 Å². The minimum atomic E-state index is 0.215. The summed E-state index contributed by atoms with van der Waals surface area (Å²) in [6.07, 6.45) is 3.10. The fraction of sp³-hybridized carbons (Fsp3) is 0.526. The molecular weight excluding hydrogens is 332 g/mol. The molecule has 1 aliphatic rings. The number of rotatable bonds is 6. The number of hydrogen-bond donors (Lipinski definition) is 0. The fourth-order valence-electron chi connectivity index (χ4n) is 3.29. The predicted molar refractivity (Wildman–Crippen MR) is 101 cm³/mol. The molecule has 25 heavy (non-hydrogen) atoms. The third kappa shape index (κ3) is 4.63. The molecule has 0 saturated carbocycles.